The highest BCUT2D eigenvalue weighted by Gasteiger charge is 2.38. The molecule has 0 saturated heterocycles. The summed E-state index contributed by atoms with van der Waals surface area (Å²) in [7, 11) is -2.98. The second kappa shape index (κ2) is 6.64. The van der Waals surface area contributed by atoms with Gasteiger partial charge in [0, 0.05) is 11.4 Å². The van der Waals surface area contributed by atoms with Gasteiger partial charge in [-0.25, -0.2) is 9.59 Å². The molecule has 1 aliphatic heterocycles. The second-order valence-electron chi connectivity index (χ2n) is 4.97. The van der Waals surface area contributed by atoms with Crippen LogP contribution in [0.2, 0.25) is 10.0 Å². The quantitative estimate of drug-likeness (QED) is 0.638. The normalized spacial score (nSPS) is 20.3. The minimum atomic E-state index is -2.98. The van der Waals surface area contributed by atoms with Crippen LogP contribution in [0.1, 0.15) is 29.4 Å². The maximum absolute atomic E-state index is 12.5. The number of carbonyl (C=O) groups excluding carboxylic acids is 1. The van der Waals surface area contributed by atoms with Gasteiger partial charge in [0.05, 0.1) is 38.3 Å². The van der Waals surface area contributed by atoms with E-state index in [2.05, 4.69) is 10.1 Å². The number of rotatable bonds is 3. The van der Waals surface area contributed by atoms with E-state index in [1.807, 2.05) is 0 Å². The zero-order valence-corrected chi connectivity index (χ0v) is 13.7. The number of benzene rings is 1. The van der Waals surface area contributed by atoms with Crippen molar-refractivity contribution in [2.45, 2.75) is 19.8 Å². The van der Waals surface area contributed by atoms with E-state index in [-0.39, 0.29) is 32.5 Å². The highest BCUT2D eigenvalue weighted by Crippen LogP contribution is 2.42. The summed E-state index contributed by atoms with van der Waals surface area (Å²) in [6.45, 7) is 3.05. The highest BCUT2D eigenvalue weighted by atomic mass is 35.5. The summed E-state index contributed by atoms with van der Waals surface area (Å²) in [5, 5.41) is 12.7. The minimum Gasteiger partial charge on any atom is -0.478 e. The van der Waals surface area contributed by atoms with E-state index in [0.29, 0.717) is 5.70 Å². The summed E-state index contributed by atoms with van der Waals surface area (Å²) in [5.41, 5.74) is 0.504. The number of dihydropyridines is 1. The molecule has 122 valence electrons. The Balaban J connectivity index is 2.71. The maximum Gasteiger partial charge on any atom is 0.336 e. The fourth-order valence-electron chi connectivity index (χ4n) is 2.66. The Morgan fingerprint density at radius 1 is 1.26 bits per heavy atom. The Morgan fingerprint density at radius 2 is 1.91 bits per heavy atom. The number of esters is 1. The summed E-state index contributed by atoms with van der Waals surface area (Å²) >= 11 is 12.3. The second-order valence-corrected chi connectivity index (χ2v) is 5.76. The molecule has 1 aliphatic rings. The first-order valence-corrected chi connectivity index (χ1v) is 7.28. The van der Waals surface area contributed by atoms with Crippen molar-refractivity contribution in [1.29, 1.82) is 0 Å². The predicted molar refractivity (Wildman–Crippen MR) is 87.4 cm³/mol. The molecule has 0 spiro atoms. The van der Waals surface area contributed by atoms with Gasteiger partial charge in [-0.3, -0.25) is 0 Å². The zero-order chi connectivity index (χ0) is 19.8. The van der Waals surface area contributed by atoms with Crippen LogP contribution in [0.3, 0.4) is 0 Å². The van der Waals surface area contributed by atoms with Gasteiger partial charge in [0.15, 0.2) is 0 Å². The van der Waals surface area contributed by atoms with Crippen LogP contribution >= 0.6 is 23.2 Å². The third-order valence-electron chi connectivity index (χ3n) is 3.60. The molecule has 0 amide bonds. The lowest BCUT2D eigenvalue weighted by atomic mass is 9.81. The van der Waals surface area contributed by atoms with Crippen LogP contribution in [0, 0.1) is 0 Å². The van der Waals surface area contributed by atoms with Gasteiger partial charge in [-0.05, 0) is 25.5 Å². The van der Waals surface area contributed by atoms with Crippen LogP contribution in [0.5, 0.6) is 0 Å². The van der Waals surface area contributed by atoms with E-state index in [1.165, 1.54) is 26.0 Å². The van der Waals surface area contributed by atoms with Crippen LogP contribution in [0.25, 0.3) is 0 Å². The molecule has 1 unspecified atom stereocenters. The summed E-state index contributed by atoms with van der Waals surface area (Å²) in [5.74, 6) is -3.60. The van der Waals surface area contributed by atoms with Crippen LogP contribution in [0.4, 0.5) is 0 Å². The van der Waals surface area contributed by atoms with Crippen molar-refractivity contribution in [3.63, 3.8) is 0 Å². The molecule has 1 aromatic carbocycles. The van der Waals surface area contributed by atoms with Crippen molar-refractivity contribution in [3.8, 4) is 0 Å². The number of nitrogens with one attached hydrogen (secondary N) is 1. The molecule has 7 heteroatoms. The lowest BCUT2D eigenvalue weighted by Gasteiger charge is -2.30. The fraction of sp³-hybridized carbons (Fsp3) is 0.250. The monoisotopic (exact) mass is 359 g/mol. The Morgan fingerprint density at radius 3 is 2.52 bits per heavy atom. The summed E-state index contributed by atoms with van der Waals surface area (Å²) < 4.78 is 25.9. The van der Waals surface area contributed by atoms with Crippen molar-refractivity contribution < 1.29 is 23.5 Å². The van der Waals surface area contributed by atoms with Crippen LogP contribution < -0.4 is 5.32 Å². The minimum absolute atomic E-state index is 0.0691. The molecule has 0 saturated carbocycles. The molecule has 23 heavy (non-hydrogen) atoms. The van der Waals surface area contributed by atoms with Crippen molar-refractivity contribution in [1.82, 2.24) is 5.32 Å². The van der Waals surface area contributed by atoms with Gasteiger partial charge in [0.1, 0.15) is 0 Å². The van der Waals surface area contributed by atoms with Gasteiger partial charge in [-0.1, -0.05) is 35.3 Å². The molecule has 1 heterocycles. The van der Waals surface area contributed by atoms with Crippen molar-refractivity contribution in [2.24, 2.45) is 0 Å². The SMILES string of the molecule is [2H]C([2H])([2H])OC(=O)C1=C(C)[15NH]C(C)=C(C(=O)O)C1c1cccc(Cl)c1Cl. The number of allylic oxidation sites excluding steroid dienone is 2. The summed E-state index contributed by atoms with van der Waals surface area (Å²) in [4.78, 5) is 24.4. The van der Waals surface area contributed by atoms with E-state index in [9.17, 15) is 14.7 Å². The van der Waals surface area contributed by atoms with E-state index >= 15 is 0 Å². The van der Waals surface area contributed by atoms with Gasteiger partial charge < -0.3 is 15.2 Å². The van der Waals surface area contributed by atoms with Crippen LogP contribution in [0.15, 0.2) is 40.7 Å². The molecule has 0 radical (unpaired) electrons. The average Bonchev–Trinajstić information content (AvgIpc) is 2.46. The fourth-order valence-corrected chi connectivity index (χ4v) is 3.07. The number of carboxylic acids is 1. The first kappa shape index (κ1) is 13.5. The Hall–Kier alpha value is -1.98. The third kappa shape index (κ3) is 3.07. The standard InChI is InChI=1S/C16H15Cl2NO4/c1-7-11(15(20)21)13(9-5-4-6-10(17)14(9)18)12(8(2)19-7)16(22)23-3/h4-6,13,19H,1-3H3,(H,20,21)/i3D3,19+1. The van der Waals surface area contributed by atoms with Crippen molar-refractivity contribution >= 4 is 35.1 Å². The lowest BCUT2D eigenvalue weighted by Crippen LogP contribution is -2.31. The smallest absolute Gasteiger partial charge is 0.336 e. The number of aliphatic carboxylic acids is 1. The van der Waals surface area contributed by atoms with E-state index in [0.717, 1.165) is 0 Å². The number of methoxy groups -OCH3 is 1. The molecule has 5 nitrogen and oxygen atoms in total. The molecule has 1 atom stereocenters. The van der Waals surface area contributed by atoms with Crippen molar-refractivity contribution in [2.75, 3.05) is 7.04 Å². The molecule has 0 aromatic heterocycles. The van der Waals surface area contributed by atoms with Gasteiger partial charge in [0.2, 0.25) is 0 Å². The predicted octanol–water partition coefficient (Wildman–Crippen LogP) is 3.49. The topological polar surface area (TPSA) is 75.6 Å². The number of hydrogen-bond donors (Lipinski definition) is 2. The molecule has 0 bridgehead atoms. The number of carbonyl (C=O) groups is 2. The molecule has 2 N–H and O–H groups in total. The Bertz CT molecular complexity index is 846. The molecule has 2 rings (SSSR count). The molecule has 0 aliphatic carbocycles. The van der Waals surface area contributed by atoms with E-state index in [4.69, 9.17) is 27.3 Å². The first-order valence-electron chi connectivity index (χ1n) is 8.03. The van der Waals surface area contributed by atoms with Crippen molar-refractivity contribution in [3.05, 3.63) is 56.3 Å². The number of carboxylic acid groups (broad SMARTS) is 1. The van der Waals surface area contributed by atoms with Gasteiger partial charge in [-0.2, -0.15) is 0 Å². The molecular weight excluding hydrogens is 342 g/mol. The van der Waals surface area contributed by atoms with Gasteiger partial charge in [-0.15, -0.1) is 0 Å². The molecule has 1 aromatic rings. The van der Waals surface area contributed by atoms with E-state index < -0.39 is 24.9 Å². The lowest BCUT2D eigenvalue weighted by molar-refractivity contribution is -0.136. The molecule has 0 fully saturated rings. The molecular formula is C16H15Cl2NO4. The number of halogens is 2. The summed E-state index contributed by atoms with van der Waals surface area (Å²) in [6, 6.07) is 4.60. The highest BCUT2D eigenvalue weighted by molar-refractivity contribution is 6.42. The van der Waals surface area contributed by atoms with Crippen LogP contribution in [-0.4, -0.2) is 24.1 Å². The van der Waals surface area contributed by atoms with Gasteiger partial charge >= 0.3 is 11.9 Å². The first-order chi connectivity index (χ1) is 11.9. The third-order valence-corrected chi connectivity index (χ3v) is 4.43. The summed E-state index contributed by atoms with van der Waals surface area (Å²) in [6.07, 6.45) is 0. The van der Waals surface area contributed by atoms with Gasteiger partial charge in [0.25, 0.3) is 0 Å². The van der Waals surface area contributed by atoms with Crippen LogP contribution in [-0.2, 0) is 14.3 Å². The number of ether oxygens (including phenoxy) is 1. The Labute approximate surface area is 147 Å². The Kier molecular flexibility index (Phi) is 3.89. The van der Waals surface area contributed by atoms with E-state index in [1.54, 1.807) is 6.07 Å². The largest absolute Gasteiger partial charge is 0.478 e. The average molecular weight is 360 g/mol. The maximum atomic E-state index is 12.5. The zero-order valence-electron chi connectivity index (χ0n) is 15.2. The number of hydrogen-bond acceptors (Lipinski definition) is 4.